The lowest BCUT2D eigenvalue weighted by atomic mass is 9.65. The van der Waals surface area contributed by atoms with Crippen LogP contribution in [0.4, 0.5) is 5.69 Å². The summed E-state index contributed by atoms with van der Waals surface area (Å²) in [5, 5.41) is 3.49. The van der Waals surface area contributed by atoms with Crippen molar-refractivity contribution in [2.45, 2.75) is 38.1 Å². The Morgan fingerprint density at radius 1 is 1.28 bits per heavy atom. The predicted octanol–water partition coefficient (Wildman–Crippen LogP) is 3.46. The molecule has 2 atom stereocenters. The lowest BCUT2D eigenvalue weighted by Crippen LogP contribution is -2.48. The van der Waals surface area contributed by atoms with Crippen molar-refractivity contribution < 1.29 is 14.3 Å². The van der Waals surface area contributed by atoms with E-state index in [0.29, 0.717) is 41.5 Å². The van der Waals surface area contributed by atoms with Gasteiger partial charge in [0.25, 0.3) is 0 Å². The van der Waals surface area contributed by atoms with E-state index in [4.69, 9.17) is 26.8 Å². The molecule has 5 nitrogen and oxygen atoms in total. The fourth-order valence-corrected chi connectivity index (χ4v) is 4.41. The zero-order valence-electron chi connectivity index (χ0n) is 14.7. The number of carbonyl (C=O) groups is 1. The normalized spacial score (nSPS) is 28.4. The summed E-state index contributed by atoms with van der Waals surface area (Å²) in [7, 11) is 1.62. The van der Waals surface area contributed by atoms with Crippen LogP contribution >= 0.6 is 11.6 Å². The second-order valence-electron chi connectivity index (χ2n) is 7.17. The molecule has 0 spiro atoms. The molecule has 3 N–H and O–H groups in total. The lowest BCUT2D eigenvalue weighted by molar-refractivity contribution is -0.122. The Morgan fingerprint density at radius 2 is 2.00 bits per heavy atom. The molecule has 2 bridgehead atoms. The van der Waals surface area contributed by atoms with Crippen LogP contribution in [0, 0.1) is 17.8 Å². The first kappa shape index (κ1) is 18.5. The van der Waals surface area contributed by atoms with E-state index in [1.807, 2.05) is 6.07 Å². The van der Waals surface area contributed by atoms with Crippen LogP contribution < -0.4 is 15.8 Å². The molecule has 1 aromatic rings. The zero-order valence-corrected chi connectivity index (χ0v) is 15.4. The molecule has 0 heterocycles. The van der Waals surface area contributed by atoms with Crippen molar-refractivity contribution in [2.24, 2.45) is 23.5 Å². The standard InChI is InChI=1S/C19H27ClN2O3/c1-24-7-8-25-17-6-5-15(11-16(17)20)22-19(23)14-9-12-3-2-4-13(10-14)18(12)21/h5-6,11-14,18H,2-4,7-10,21H2,1H3,(H,22,23). The number of nitrogens with two attached hydrogens (primary N) is 1. The fourth-order valence-electron chi connectivity index (χ4n) is 4.18. The minimum atomic E-state index is 0.0477. The average molecular weight is 367 g/mol. The van der Waals surface area contributed by atoms with E-state index in [9.17, 15) is 4.79 Å². The van der Waals surface area contributed by atoms with Gasteiger partial charge in [-0.3, -0.25) is 4.79 Å². The van der Waals surface area contributed by atoms with Gasteiger partial charge in [-0.1, -0.05) is 18.0 Å². The van der Waals surface area contributed by atoms with Crippen LogP contribution in [-0.2, 0) is 9.53 Å². The fraction of sp³-hybridized carbons (Fsp3) is 0.632. The highest BCUT2D eigenvalue weighted by Crippen LogP contribution is 2.42. The number of ether oxygens (including phenoxy) is 2. The number of hydrogen-bond acceptors (Lipinski definition) is 4. The first-order valence-electron chi connectivity index (χ1n) is 9.06. The van der Waals surface area contributed by atoms with E-state index in [1.165, 1.54) is 6.42 Å². The SMILES string of the molecule is COCCOc1ccc(NC(=O)C2CC3CCCC(C2)C3N)cc1Cl. The van der Waals surface area contributed by atoms with Crippen LogP contribution in [0.25, 0.3) is 0 Å². The van der Waals surface area contributed by atoms with E-state index in [2.05, 4.69) is 5.32 Å². The third-order valence-electron chi connectivity index (χ3n) is 5.53. The summed E-state index contributed by atoms with van der Waals surface area (Å²) in [5.41, 5.74) is 7.02. The molecule has 3 rings (SSSR count). The van der Waals surface area contributed by atoms with Gasteiger partial charge in [-0.25, -0.2) is 0 Å². The number of hydrogen-bond donors (Lipinski definition) is 2. The summed E-state index contributed by atoms with van der Waals surface area (Å²) in [6.45, 7) is 0.938. The quantitative estimate of drug-likeness (QED) is 0.756. The highest BCUT2D eigenvalue weighted by Gasteiger charge is 2.40. The summed E-state index contributed by atoms with van der Waals surface area (Å²) < 4.78 is 10.5. The van der Waals surface area contributed by atoms with Crippen molar-refractivity contribution in [3.63, 3.8) is 0 Å². The molecular weight excluding hydrogens is 340 g/mol. The van der Waals surface area contributed by atoms with E-state index >= 15 is 0 Å². The van der Waals surface area contributed by atoms with Gasteiger partial charge in [0.05, 0.1) is 11.6 Å². The van der Waals surface area contributed by atoms with Crippen LogP contribution in [0.2, 0.25) is 5.02 Å². The number of rotatable bonds is 6. The van der Waals surface area contributed by atoms with Gasteiger partial charge in [0.15, 0.2) is 0 Å². The highest BCUT2D eigenvalue weighted by molar-refractivity contribution is 6.32. The van der Waals surface area contributed by atoms with Crippen molar-refractivity contribution in [2.75, 3.05) is 25.6 Å². The van der Waals surface area contributed by atoms with E-state index < -0.39 is 0 Å². The Bertz CT molecular complexity index is 596. The minimum Gasteiger partial charge on any atom is -0.490 e. The van der Waals surface area contributed by atoms with Crippen LogP contribution in [0.15, 0.2) is 18.2 Å². The van der Waals surface area contributed by atoms with E-state index in [0.717, 1.165) is 25.7 Å². The van der Waals surface area contributed by atoms with Crippen LogP contribution in [0.1, 0.15) is 32.1 Å². The molecule has 1 aromatic carbocycles. The number of methoxy groups -OCH3 is 1. The number of halogens is 1. The molecule has 0 radical (unpaired) electrons. The number of nitrogens with one attached hydrogen (secondary N) is 1. The number of benzene rings is 1. The van der Waals surface area contributed by atoms with Crippen molar-refractivity contribution in [1.82, 2.24) is 0 Å². The summed E-state index contributed by atoms with van der Waals surface area (Å²) in [6.07, 6.45) is 5.35. The number of carbonyl (C=O) groups excluding carboxylic acids is 1. The summed E-state index contributed by atoms with van der Waals surface area (Å²) in [6, 6.07) is 5.60. The van der Waals surface area contributed by atoms with Crippen molar-refractivity contribution >= 4 is 23.2 Å². The largest absolute Gasteiger partial charge is 0.490 e. The van der Waals surface area contributed by atoms with Gasteiger partial charge in [0.2, 0.25) is 5.91 Å². The predicted molar refractivity (Wildman–Crippen MR) is 99.0 cm³/mol. The van der Waals surface area contributed by atoms with Crippen LogP contribution in [0.5, 0.6) is 5.75 Å². The maximum absolute atomic E-state index is 12.7. The minimum absolute atomic E-state index is 0.0477. The summed E-state index contributed by atoms with van der Waals surface area (Å²) in [5.74, 6) is 1.70. The molecule has 2 aliphatic carbocycles. The third kappa shape index (κ3) is 4.46. The molecule has 2 aliphatic rings. The van der Waals surface area contributed by atoms with Gasteiger partial charge < -0.3 is 20.5 Å². The molecule has 2 unspecified atom stereocenters. The highest BCUT2D eigenvalue weighted by atomic mass is 35.5. The zero-order chi connectivity index (χ0) is 17.8. The maximum atomic E-state index is 12.7. The lowest BCUT2D eigenvalue weighted by Gasteiger charge is -2.43. The van der Waals surface area contributed by atoms with E-state index in [1.54, 1.807) is 19.2 Å². The van der Waals surface area contributed by atoms with Gasteiger partial charge in [0, 0.05) is 24.8 Å². The second-order valence-corrected chi connectivity index (χ2v) is 7.58. The second kappa shape index (κ2) is 8.39. The van der Waals surface area contributed by atoms with Gasteiger partial charge in [-0.05, 0) is 55.7 Å². The molecule has 0 aromatic heterocycles. The number of amides is 1. The monoisotopic (exact) mass is 366 g/mol. The number of anilines is 1. The first-order chi connectivity index (χ1) is 12.1. The van der Waals surface area contributed by atoms with E-state index in [-0.39, 0.29) is 17.9 Å². The topological polar surface area (TPSA) is 73.6 Å². The average Bonchev–Trinajstić information content (AvgIpc) is 2.56. The Labute approximate surface area is 154 Å². The number of fused-ring (bicyclic) bond motifs is 2. The molecule has 2 saturated carbocycles. The van der Waals surface area contributed by atoms with Crippen molar-refractivity contribution in [3.05, 3.63) is 23.2 Å². The van der Waals surface area contributed by atoms with Crippen molar-refractivity contribution in [3.8, 4) is 5.75 Å². The first-order valence-corrected chi connectivity index (χ1v) is 9.44. The molecule has 1 amide bonds. The molecular formula is C19H27ClN2O3. The summed E-state index contributed by atoms with van der Waals surface area (Å²) in [4.78, 5) is 12.7. The maximum Gasteiger partial charge on any atom is 0.227 e. The Kier molecular flexibility index (Phi) is 6.20. The Morgan fingerprint density at radius 3 is 2.64 bits per heavy atom. The molecule has 2 fully saturated rings. The molecule has 0 aliphatic heterocycles. The van der Waals surface area contributed by atoms with Gasteiger partial charge in [-0.2, -0.15) is 0 Å². The smallest absolute Gasteiger partial charge is 0.227 e. The third-order valence-corrected chi connectivity index (χ3v) is 5.82. The van der Waals surface area contributed by atoms with Crippen molar-refractivity contribution in [1.29, 1.82) is 0 Å². The Hall–Kier alpha value is -1.30. The molecule has 138 valence electrons. The van der Waals surface area contributed by atoms with Gasteiger partial charge >= 0.3 is 0 Å². The van der Waals surface area contributed by atoms with Gasteiger partial charge in [0.1, 0.15) is 12.4 Å². The summed E-state index contributed by atoms with van der Waals surface area (Å²) >= 11 is 6.24. The molecule has 0 saturated heterocycles. The van der Waals surface area contributed by atoms with Crippen LogP contribution in [-0.4, -0.2) is 32.3 Å². The molecule has 6 heteroatoms. The van der Waals surface area contributed by atoms with Gasteiger partial charge in [-0.15, -0.1) is 0 Å². The van der Waals surface area contributed by atoms with Crippen LogP contribution in [0.3, 0.4) is 0 Å². The Balaban J connectivity index is 1.58. The molecule has 25 heavy (non-hydrogen) atoms.